The Labute approximate surface area is 148 Å². The standard InChI is InChI=1S/C14H16ClN5O4S/c15-12-6-5-10(7-11(12)13-16-19-20-17-13)25(23,24)18-9-3-1-8(2-4-9)14(21)22/h5-9,18H,1-4H2,(H,21,22)(H,16,17,19,20). The second-order valence-corrected chi connectivity index (χ2v) is 8.01. The van der Waals surface area contributed by atoms with Gasteiger partial charge in [-0.3, -0.25) is 4.79 Å². The molecule has 1 fully saturated rings. The smallest absolute Gasteiger partial charge is 0.306 e. The van der Waals surface area contributed by atoms with Gasteiger partial charge in [0.2, 0.25) is 15.8 Å². The highest BCUT2D eigenvalue weighted by atomic mass is 35.5. The molecule has 11 heteroatoms. The Morgan fingerprint density at radius 1 is 1.28 bits per heavy atom. The van der Waals surface area contributed by atoms with E-state index in [-0.39, 0.29) is 16.8 Å². The number of hydrogen-bond donors (Lipinski definition) is 3. The van der Waals surface area contributed by atoms with Crippen LogP contribution in [0.25, 0.3) is 11.4 Å². The average Bonchev–Trinajstić information content (AvgIpc) is 3.09. The number of carboxylic acids is 1. The summed E-state index contributed by atoms with van der Waals surface area (Å²) in [6.45, 7) is 0. The van der Waals surface area contributed by atoms with E-state index in [4.69, 9.17) is 16.7 Å². The normalized spacial score (nSPS) is 21.2. The number of benzene rings is 1. The molecule has 1 saturated carbocycles. The molecular formula is C14H16ClN5O4S. The van der Waals surface area contributed by atoms with Crippen LogP contribution >= 0.6 is 11.6 Å². The summed E-state index contributed by atoms with van der Waals surface area (Å²) in [5.41, 5.74) is 0.355. The van der Waals surface area contributed by atoms with E-state index in [1.54, 1.807) is 0 Å². The SMILES string of the molecule is O=C(O)C1CCC(NS(=O)(=O)c2ccc(Cl)c(-c3nn[nH]n3)c2)CC1. The van der Waals surface area contributed by atoms with E-state index < -0.39 is 21.9 Å². The number of sulfonamides is 1. The molecule has 0 amide bonds. The first kappa shape index (κ1) is 17.8. The first-order valence-electron chi connectivity index (χ1n) is 7.65. The molecule has 9 nitrogen and oxygen atoms in total. The minimum atomic E-state index is -3.77. The van der Waals surface area contributed by atoms with Crippen molar-refractivity contribution >= 4 is 27.6 Å². The van der Waals surface area contributed by atoms with Gasteiger partial charge in [0.25, 0.3) is 0 Å². The maximum Gasteiger partial charge on any atom is 0.306 e. The van der Waals surface area contributed by atoms with Crippen LogP contribution < -0.4 is 4.72 Å². The highest BCUT2D eigenvalue weighted by Gasteiger charge is 2.29. The van der Waals surface area contributed by atoms with E-state index in [1.165, 1.54) is 18.2 Å². The molecule has 0 spiro atoms. The molecule has 1 aromatic heterocycles. The van der Waals surface area contributed by atoms with Crippen molar-refractivity contribution in [1.82, 2.24) is 25.3 Å². The van der Waals surface area contributed by atoms with Crippen molar-refractivity contribution in [2.45, 2.75) is 36.6 Å². The largest absolute Gasteiger partial charge is 0.481 e. The lowest BCUT2D eigenvalue weighted by Crippen LogP contribution is -2.38. The number of rotatable bonds is 5. The Bertz CT molecular complexity index is 863. The van der Waals surface area contributed by atoms with Crippen LogP contribution in [0.1, 0.15) is 25.7 Å². The summed E-state index contributed by atoms with van der Waals surface area (Å²) in [7, 11) is -3.77. The van der Waals surface area contributed by atoms with Crippen LogP contribution in [0.15, 0.2) is 23.1 Å². The van der Waals surface area contributed by atoms with Gasteiger partial charge in [-0.1, -0.05) is 11.6 Å². The van der Waals surface area contributed by atoms with Crippen LogP contribution in [0.3, 0.4) is 0 Å². The van der Waals surface area contributed by atoms with E-state index in [1.807, 2.05) is 0 Å². The number of carbonyl (C=O) groups is 1. The molecule has 0 bridgehead atoms. The zero-order chi connectivity index (χ0) is 18.0. The Morgan fingerprint density at radius 2 is 2.00 bits per heavy atom. The second-order valence-electron chi connectivity index (χ2n) is 5.89. The van der Waals surface area contributed by atoms with Crippen LogP contribution in [0.4, 0.5) is 0 Å². The van der Waals surface area contributed by atoms with E-state index in [0.29, 0.717) is 36.3 Å². The molecule has 1 aromatic carbocycles. The Balaban J connectivity index is 1.77. The fourth-order valence-corrected chi connectivity index (χ4v) is 4.40. The zero-order valence-corrected chi connectivity index (χ0v) is 14.6. The molecule has 134 valence electrons. The lowest BCUT2D eigenvalue weighted by Gasteiger charge is -2.26. The van der Waals surface area contributed by atoms with Crippen molar-refractivity contribution in [3.63, 3.8) is 0 Å². The van der Waals surface area contributed by atoms with Crippen LogP contribution in [0, 0.1) is 5.92 Å². The Kier molecular flexibility index (Phi) is 5.02. The molecule has 0 atom stereocenters. The minimum absolute atomic E-state index is 0.0389. The number of carboxylic acid groups (broad SMARTS) is 1. The van der Waals surface area contributed by atoms with Crippen molar-refractivity contribution in [3.8, 4) is 11.4 Å². The number of hydrogen-bond acceptors (Lipinski definition) is 6. The molecule has 0 aliphatic heterocycles. The molecule has 3 N–H and O–H groups in total. The molecular weight excluding hydrogens is 370 g/mol. The molecule has 0 saturated heterocycles. The first-order chi connectivity index (χ1) is 11.9. The van der Waals surface area contributed by atoms with Crippen LogP contribution in [0.2, 0.25) is 5.02 Å². The van der Waals surface area contributed by atoms with Crippen molar-refractivity contribution in [1.29, 1.82) is 0 Å². The van der Waals surface area contributed by atoms with Crippen molar-refractivity contribution in [2.24, 2.45) is 5.92 Å². The van der Waals surface area contributed by atoms with E-state index in [0.717, 1.165) is 0 Å². The zero-order valence-electron chi connectivity index (χ0n) is 13.0. The summed E-state index contributed by atoms with van der Waals surface area (Å²) in [6, 6.07) is 3.96. The third kappa shape index (κ3) is 3.97. The second kappa shape index (κ2) is 7.06. The Morgan fingerprint density at radius 3 is 2.60 bits per heavy atom. The van der Waals surface area contributed by atoms with Crippen molar-refractivity contribution in [2.75, 3.05) is 0 Å². The molecule has 0 radical (unpaired) electrons. The molecule has 1 aliphatic carbocycles. The fourth-order valence-electron chi connectivity index (χ4n) is 2.86. The molecule has 0 unspecified atom stereocenters. The maximum absolute atomic E-state index is 12.6. The summed E-state index contributed by atoms with van der Waals surface area (Å²) >= 11 is 6.08. The van der Waals surface area contributed by atoms with E-state index in [2.05, 4.69) is 25.3 Å². The summed E-state index contributed by atoms with van der Waals surface area (Å²) < 4.78 is 27.9. The van der Waals surface area contributed by atoms with Gasteiger partial charge >= 0.3 is 5.97 Å². The van der Waals surface area contributed by atoms with Gasteiger partial charge in [0, 0.05) is 11.6 Å². The predicted molar refractivity (Wildman–Crippen MR) is 88.3 cm³/mol. The lowest BCUT2D eigenvalue weighted by molar-refractivity contribution is -0.142. The van der Waals surface area contributed by atoms with Gasteiger partial charge in [-0.25, -0.2) is 13.1 Å². The van der Waals surface area contributed by atoms with Crippen molar-refractivity contribution < 1.29 is 18.3 Å². The number of halogens is 1. The molecule has 3 rings (SSSR count). The quantitative estimate of drug-likeness (QED) is 0.707. The van der Waals surface area contributed by atoms with Crippen molar-refractivity contribution in [3.05, 3.63) is 23.2 Å². The lowest BCUT2D eigenvalue weighted by atomic mass is 9.87. The summed E-state index contributed by atoms with van der Waals surface area (Å²) in [5.74, 6) is -1.03. The number of aromatic nitrogens is 4. The van der Waals surface area contributed by atoms with Gasteiger partial charge in [-0.15, -0.1) is 10.2 Å². The summed E-state index contributed by atoms with van der Waals surface area (Å²) in [4.78, 5) is 11.0. The topological polar surface area (TPSA) is 138 Å². The monoisotopic (exact) mass is 385 g/mol. The van der Waals surface area contributed by atoms with Gasteiger partial charge in [0.05, 0.1) is 15.8 Å². The Hall–Kier alpha value is -2.04. The highest BCUT2D eigenvalue weighted by molar-refractivity contribution is 7.89. The maximum atomic E-state index is 12.6. The van der Waals surface area contributed by atoms with Gasteiger partial charge < -0.3 is 5.11 Å². The summed E-state index contributed by atoms with van der Waals surface area (Å²) in [6.07, 6.45) is 1.89. The van der Waals surface area contributed by atoms with Gasteiger partial charge in [0.1, 0.15) is 0 Å². The van der Waals surface area contributed by atoms with Crippen LogP contribution in [0.5, 0.6) is 0 Å². The molecule has 1 aliphatic rings. The fraction of sp³-hybridized carbons (Fsp3) is 0.429. The van der Waals surface area contributed by atoms with E-state index in [9.17, 15) is 13.2 Å². The first-order valence-corrected chi connectivity index (χ1v) is 9.51. The number of H-pyrrole nitrogens is 1. The predicted octanol–water partition coefficient (Wildman–Crippen LogP) is 1.44. The highest BCUT2D eigenvalue weighted by Crippen LogP contribution is 2.29. The molecule has 25 heavy (non-hydrogen) atoms. The summed E-state index contributed by atoms with van der Waals surface area (Å²) in [5, 5.41) is 22.7. The minimum Gasteiger partial charge on any atom is -0.481 e. The molecule has 1 heterocycles. The number of aromatic amines is 1. The van der Waals surface area contributed by atoms with Crippen LogP contribution in [-0.2, 0) is 14.8 Å². The van der Waals surface area contributed by atoms with E-state index >= 15 is 0 Å². The van der Waals surface area contributed by atoms with Gasteiger partial charge in [-0.2, -0.15) is 5.21 Å². The third-order valence-corrected chi connectivity index (χ3v) is 6.08. The molecule has 2 aromatic rings. The number of nitrogens with one attached hydrogen (secondary N) is 2. The van der Waals surface area contributed by atoms with Gasteiger partial charge in [0.15, 0.2) is 0 Å². The number of tetrazole rings is 1. The number of nitrogens with zero attached hydrogens (tertiary/aromatic N) is 3. The van der Waals surface area contributed by atoms with Gasteiger partial charge in [-0.05, 0) is 49.1 Å². The van der Waals surface area contributed by atoms with Crippen LogP contribution in [-0.4, -0.2) is 46.2 Å². The number of aliphatic carboxylic acids is 1. The average molecular weight is 386 g/mol. The third-order valence-electron chi connectivity index (χ3n) is 4.23.